The van der Waals surface area contributed by atoms with Crippen LogP contribution in [0.1, 0.15) is 32.2 Å². The number of para-hydroxylation sites is 1. The quantitative estimate of drug-likeness (QED) is 0.507. The van der Waals surface area contributed by atoms with E-state index in [0.717, 1.165) is 5.56 Å². The van der Waals surface area contributed by atoms with Crippen LogP contribution in [0.5, 0.6) is 11.5 Å². The number of ether oxygens (including phenoxy) is 1. The van der Waals surface area contributed by atoms with E-state index < -0.39 is 11.6 Å². The van der Waals surface area contributed by atoms with Gasteiger partial charge in [-0.2, -0.15) is 0 Å². The van der Waals surface area contributed by atoms with E-state index in [0.29, 0.717) is 16.7 Å². The normalized spacial score (nSPS) is 11.6. The zero-order valence-corrected chi connectivity index (χ0v) is 16.1. The van der Waals surface area contributed by atoms with Gasteiger partial charge >= 0.3 is 0 Å². The lowest BCUT2D eigenvalue weighted by Gasteiger charge is -2.16. The summed E-state index contributed by atoms with van der Waals surface area (Å²) in [6.45, 7) is 6.00. The van der Waals surface area contributed by atoms with Gasteiger partial charge in [-0.3, -0.25) is 0 Å². The highest BCUT2D eigenvalue weighted by Gasteiger charge is 2.23. The molecule has 0 bridgehead atoms. The van der Waals surface area contributed by atoms with Crippen LogP contribution in [0.15, 0.2) is 47.6 Å². The van der Waals surface area contributed by atoms with Crippen LogP contribution >= 0.6 is 11.8 Å². The molecule has 0 fully saturated rings. The summed E-state index contributed by atoms with van der Waals surface area (Å²) >= 11 is 1.35. The summed E-state index contributed by atoms with van der Waals surface area (Å²) in [4.78, 5) is 0. The van der Waals surface area contributed by atoms with E-state index >= 15 is 0 Å². The monoisotopic (exact) mass is 390 g/mol. The second kappa shape index (κ2) is 7.56. The van der Waals surface area contributed by atoms with E-state index in [4.69, 9.17) is 10.6 Å². The van der Waals surface area contributed by atoms with E-state index in [2.05, 4.69) is 10.2 Å². The molecule has 8 heteroatoms. The Morgan fingerprint density at radius 2 is 1.74 bits per heavy atom. The van der Waals surface area contributed by atoms with Crippen molar-refractivity contribution in [3.63, 3.8) is 0 Å². The Labute approximate surface area is 160 Å². The summed E-state index contributed by atoms with van der Waals surface area (Å²) in [6, 6.07) is 10.4. The molecule has 0 radical (unpaired) electrons. The third-order valence-corrected chi connectivity index (χ3v) is 4.77. The molecule has 0 aliphatic heterocycles. The Kier molecular flexibility index (Phi) is 5.36. The first-order chi connectivity index (χ1) is 12.8. The Morgan fingerprint density at radius 1 is 1.04 bits per heavy atom. The predicted molar refractivity (Wildman–Crippen MR) is 101 cm³/mol. The molecule has 0 aliphatic rings. The van der Waals surface area contributed by atoms with E-state index in [1.807, 2.05) is 20.8 Å². The molecule has 3 rings (SSSR count). The fourth-order valence-corrected chi connectivity index (χ4v) is 3.20. The highest BCUT2D eigenvalue weighted by atomic mass is 32.2. The lowest BCUT2D eigenvalue weighted by molar-refractivity contribution is 0.414. The molecule has 0 saturated carbocycles. The lowest BCUT2D eigenvalue weighted by atomic mass is 9.96. The molecule has 0 atom stereocenters. The molecule has 2 aromatic carbocycles. The van der Waals surface area contributed by atoms with Crippen LogP contribution in [0.3, 0.4) is 0 Å². The zero-order chi connectivity index (χ0) is 19.6. The highest BCUT2D eigenvalue weighted by molar-refractivity contribution is 7.98. The molecule has 1 aromatic heterocycles. The van der Waals surface area contributed by atoms with Crippen LogP contribution < -0.4 is 10.6 Å². The number of halogens is 2. The number of benzene rings is 2. The highest BCUT2D eigenvalue weighted by Crippen LogP contribution is 2.29. The number of nitrogen functional groups attached to an aromatic ring is 1. The molecule has 0 spiro atoms. The van der Waals surface area contributed by atoms with Crippen LogP contribution in [-0.4, -0.2) is 14.9 Å². The third kappa shape index (κ3) is 4.39. The van der Waals surface area contributed by atoms with E-state index in [9.17, 15) is 8.78 Å². The fraction of sp³-hybridized carbons (Fsp3) is 0.263. The third-order valence-electron chi connectivity index (χ3n) is 3.76. The first-order valence-corrected chi connectivity index (χ1v) is 9.29. The molecule has 2 N–H and O–H groups in total. The van der Waals surface area contributed by atoms with Gasteiger partial charge in [0.1, 0.15) is 0 Å². The molecular weight excluding hydrogens is 370 g/mol. The molecular formula is C19H20F2N4OS. The van der Waals surface area contributed by atoms with Crippen molar-refractivity contribution in [2.75, 3.05) is 5.84 Å². The second-order valence-corrected chi connectivity index (χ2v) is 7.95. The van der Waals surface area contributed by atoms with Crippen molar-refractivity contribution >= 4 is 11.8 Å². The van der Waals surface area contributed by atoms with Gasteiger partial charge in [-0.15, -0.1) is 10.2 Å². The van der Waals surface area contributed by atoms with Crippen LogP contribution in [0.4, 0.5) is 8.78 Å². The van der Waals surface area contributed by atoms with Gasteiger partial charge < -0.3 is 10.6 Å². The molecule has 0 unspecified atom stereocenters. The van der Waals surface area contributed by atoms with Crippen LogP contribution in [-0.2, 0) is 11.2 Å². The SMILES string of the molecule is CC(C)(C)c1nnc(SCc2ccc(Oc3ccccc3F)c(F)c2)n1N. The minimum absolute atomic E-state index is 0.0236. The van der Waals surface area contributed by atoms with Crippen LogP contribution in [0, 0.1) is 11.6 Å². The summed E-state index contributed by atoms with van der Waals surface area (Å²) in [6.07, 6.45) is 0. The maximum absolute atomic E-state index is 14.3. The second-order valence-electron chi connectivity index (χ2n) is 7.01. The first kappa shape index (κ1) is 19.2. The summed E-state index contributed by atoms with van der Waals surface area (Å²) in [5.74, 6) is 6.00. The summed E-state index contributed by atoms with van der Waals surface area (Å²) < 4.78 is 34.7. The van der Waals surface area contributed by atoms with Crippen LogP contribution in [0.2, 0.25) is 0 Å². The number of nitrogens with two attached hydrogens (primary N) is 1. The number of thioether (sulfide) groups is 1. The average molecular weight is 390 g/mol. The summed E-state index contributed by atoms with van der Waals surface area (Å²) in [5, 5.41) is 8.77. The molecule has 5 nitrogen and oxygen atoms in total. The standard InChI is InChI=1S/C19H20F2N4OS/c1-19(2,3)17-23-24-18(25(17)22)27-11-12-8-9-16(14(21)10-12)26-15-7-5-4-6-13(15)20/h4-10H,11,22H2,1-3H3. The maximum atomic E-state index is 14.3. The molecule has 1 heterocycles. The van der Waals surface area contributed by atoms with Crippen molar-refractivity contribution in [3.8, 4) is 11.5 Å². The first-order valence-electron chi connectivity index (χ1n) is 8.30. The van der Waals surface area contributed by atoms with Crippen molar-refractivity contribution in [2.24, 2.45) is 0 Å². The smallest absolute Gasteiger partial charge is 0.210 e. The predicted octanol–water partition coefficient (Wildman–Crippen LogP) is 4.65. The molecule has 0 amide bonds. The van der Waals surface area contributed by atoms with Gasteiger partial charge in [-0.25, -0.2) is 13.5 Å². The van der Waals surface area contributed by atoms with Gasteiger partial charge in [0.2, 0.25) is 5.16 Å². The Morgan fingerprint density at radius 3 is 2.37 bits per heavy atom. The number of hydrogen-bond acceptors (Lipinski definition) is 5. The van der Waals surface area contributed by atoms with Gasteiger partial charge in [-0.05, 0) is 29.8 Å². The van der Waals surface area contributed by atoms with Crippen molar-refractivity contribution < 1.29 is 13.5 Å². The van der Waals surface area contributed by atoms with E-state index in [1.54, 1.807) is 18.2 Å². The summed E-state index contributed by atoms with van der Waals surface area (Å²) in [5.41, 5.74) is 0.497. The van der Waals surface area contributed by atoms with Gasteiger partial charge in [0.25, 0.3) is 0 Å². The lowest BCUT2D eigenvalue weighted by Crippen LogP contribution is -2.24. The van der Waals surface area contributed by atoms with Crippen molar-refractivity contribution in [1.29, 1.82) is 0 Å². The Bertz CT molecular complexity index is 953. The number of rotatable bonds is 5. The van der Waals surface area contributed by atoms with Gasteiger partial charge in [0.15, 0.2) is 29.0 Å². The van der Waals surface area contributed by atoms with E-state index in [1.165, 1.54) is 40.7 Å². The number of hydrogen-bond donors (Lipinski definition) is 1. The molecule has 0 saturated heterocycles. The fourth-order valence-electron chi connectivity index (χ4n) is 2.40. The number of aromatic nitrogens is 3. The number of nitrogens with zero attached hydrogens (tertiary/aromatic N) is 3. The van der Waals surface area contributed by atoms with Crippen molar-refractivity contribution in [2.45, 2.75) is 37.1 Å². The van der Waals surface area contributed by atoms with E-state index in [-0.39, 0.29) is 16.9 Å². The van der Waals surface area contributed by atoms with Crippen molar-refractivity contribution in [3.05, 3.63) is 65.5 Å². The minimum Gasteiger partial charge on any atom is -0.451 e. The van der Waals surface area contributed by atoms with Crippen molar-refractivity contribution in [1.82, 2.24) is 14.9 Å². The summed E-state index contributed by atoms with van der Waals surface area (Å²) in [7, 11) is 0. The van der Waals surface area contributed by atoms with Gasteiger partial charge in [0.05, 0.1) is 0 Å². The van der Waals surface area contributed by atoms with Crippen LogP contribution in [0.25, 0.3) is 0 Å². The molecule has 27 heavy (non-hydrogen) atoms. The largest absolute Gasteiger partial charge is 0.451 e. The molecule has 0 aliphatic carbocycles. The van der Waals surface area contributed by atoms with Gasteiger partial charge in [-0.1, -0.05) is 50.7 Å². The van der Waals surface area contributed by atoms with Gasteiger partial charge in [0, 0.05) is 11.2 Å². The average Bonchev–Trinajstić information content (AvgIpc) is 2.98. The molecule has 3 aromatic rings. The maximum Gasteiger partial charge on any atom is 0.210 e. The minimum atomic E-state index is -0.569. The Balaban J connectivity index is 1.70. The zero-order valence-electron chi connectivity index (χ0n) is 15.2. The topological polar surface area (TPSA) is 66.0 Å². The molecule has 142 valence electrons. The Hall–Kier alpha value is -2.61.